The molecule has 12 heavy (non-hydrogen) atoms. The Hall–Kier alpha value is -0.310. The number of rotatable bonds is 1. The summed E-state index contributed by atoms with van der Waals surface area (Å²) in [6.07, 6.45) is 2.03. The van der Waals surface area contributed by atoms with Gasteiger partial charge < -0.3 is 0 Å². The second-order valence-electron chi connectivity index (χ2n) is 4.32. The van der Waals surface area contributed by atoms with Crippen LogP contribution in [-0.2, 0) is 6.54 Å². The fourth-order valence-corrected chi connectivity index (χ4v) is 1.38. The monoisotopic (exact) mass is 230 g/mol. The molecule has 0 saturated heterocycles. The minimum absolute atomic E-state index is 0.290. The van der Waals surface area contributed by atoms with E-state index in [1.54, 1.807) is 0 Å². The SMILES string of the molecule is Cc1nn(CC(C)(C)C)cc1Br. The van der Waals surface area contributed by atoms with Crippen LogP contribution in [0.15, 0.2) is 10.7 Å². The maximum absolute atomic E-state index is 4.37. The molecule has 0 unspecified atom stereocenters. The van der Waals surface area contributed by atoms with E-state index in [1.807, 2.05) is 17.8 Å². The fourth-order valence-electron chi connectivity index (χ4n) is 1.06. The fraction of sp³-hybridized carbons (Fsp3) is 0.667. The lowest BCUT2D eigenvalue weighted by Gasteiger charge is -2.17. The number of nitrogens with zero attached hydrogens (tertiary/aromatic N) is 2. The lowest BCUT2D eigenvalue weighted by Crippen LogP contribution is -2.15. The Kier molecular flexibility index (Phi) is 2.61. The van der Waals surface area contributed by atoms with Crippen LogP contribution < -0.4 is 0 Å². The Morgan fingerprint density at radius 3 is 2.42 bits per heavy atom. The molecule has 0 spiro atoms. The van der Waals surface area contributed by atoms with Gasteiger partial charge in [-0.15, -0.1) is 0 Å². The summed E-state index contributed by atoms with van der Waals surface area (Å²) < 4.78 is 3.08. The van der Waals surface area contributed by atoms with Crippen LogP contribution >= 0.6 is 15.9 Å². The van der Waals surface area contributed by atoms with Crippen LogP contribution in [0, 0.1) is 12.3 Å². The second-order valence-corrected chi connectivity index (χ2v) is 5.18. The standard InChI is InChI=1S/C9H15BrN2/c1-7-8(10)5-12(11-7)6-9(2,3)4/h5H,6H2,1-4H3. The van der Waals surface area contributed by atoms with Crippen LogP contribution in [0.25, 0.3) is 0 Å². The Balaban J connectivity index is 2.77. The molecular weight excluding hydrogens is 216 g/mol. The van der Waals surface area contributed by atoms with Gasteiger partial charge in [0.2, 0.25) is 0 Å². The van der Waals surface area contributed by atoms with Crippen molar-refractivity contribution in [2.45, 2.75) is 34.2 Å². The normalized spacial score (nSPS) is 12.1. The minimum Gasteiger partial charge on any atom is -0.271 e. The van der Waals surface area contributed by atoms with Gasteiger partial charge in [0, 0.05) is 12.7 Å². The molecule has 1 aromatic rings. The van der Waals surface area contributed by atoms with Crippen LogP contribution in [0.5, 0.6) is 0 Å². The summed E-state index contributed by atoms with van der Waals surface area (Å²) in [6.45, 7) is 9.58. The zero-order valence-corrected chi connectivity index (χ0v) is 9.64. The molecule has 0 amide bonds. The van der Waals surface area contributed by atoms with Gasteiger partial charge >= 0.3 is 0 Å². The molecule has 3 heteroatoms. The van der Waals surface area contributed by atoms with Gasteiger partial charge in [-0.2, -0.15) is 5.10 Å². The molecule has 2 nitrogen and oxygen atoms in total. The van der Waals surface area contributed by atoms with Gasteiger partial charge in [0.25, 0.3) is 0 Å². The van der Waals surface area contributed by atoms with Crippen molar-refractivity contribution in [3.05, 3.63) is 16.4 Å². The summed E-state index contributed by atoms with van der Waals surface area (Å²) in [5.74, 6) is 0. The third kappa shape index (κ3) is 2.63. The summed E-state index contributed by atoms with van der Waals surface area (Å²) in [5.41, 5.74) is 1.34. The molecule has 0 atom stereocenters. The molecule has 1 aromatic heterocycles. The molecule has 1 heterocycles. The predicted octanol–water partition coefficient (Wildman–Crippen LogP) is 3.00. The van der Waals surface area contributed by atoms with Crippen LogP contribution in [0.3, 0.4) is 0 Å². The van der Waals surface area contributed by atoms with E-state index >= 15 is 0 Å². The highest BCUT2D eigenvalue weighted by atomic mass is 79.9. The van der Waals surface area contributed by atoms with Crippen LogP contribution in [0.4, 0.5) is 0 Å². The number of hydrogen-bond donors (Lipinski definition) is 0. The molecule has 0 bridgehead atoms. The average Bonchev–Trinajstić information content (AvgIpc) is 2.07. The third-order valence-electron chi connectivity index (χ3n) is 1.52. The van der Waals surface area contributed by atoms with Crippen molar-refractivity contribution in [2.24, 2.45) is 5.41 Å². The number of halogens is 1. The lowest BCUT2D eigenvalue weighted by molar-refractivity contribution is 0.324. The Labute approximate surface area is 82.1 Å². The first-order valence-corrected chi connectivity index (χ1v) is 4.87. The van der Waals surface area contributed by atoms with Crippen molar-refractivity contribution in [1.29, 1.82) is 0 Å². The summed E-state index contributed by atoms with van der Waals surface area (Å²) in [7, 11) is 0. The van der Waals surface area contributed by atoms with E-state index in [0.717, 1.165) is 16.7 Å². The first-order chi connectivity index (χ1) is 5.38. The van der Waals surface area contributed by atoms with Gasteiger partial charge in [0.1, 0.15) is 0 Å². The van der Waals surface area contributed by atoms with Crippen molar-refractivity contribution in [1.82, 2.24) is 9.78 Å². The van der Waals surface area contributed by atoms with E-state index in [9.17, 15) is 0 Å². The third-order valence-corrected chi connectivity index (χ3v) is 2.30. The highest BCUT2D eigenvalue weighted by Crippen LogP contribution is 2.19. The van der Waals surface area contributed by atoms with Crippen molar-refractivity contribution < 1.29 is 0 Å². The molecular formula is C9H15BrN2. The highest BCUT2D eigenvalue weighted by Gasteiger charge is 2.12. The molecule has 0 N–H and O–H groups in total. The molecule has 0 saturated carbocycles. The van der Waals surface area contributed by atoms with E-state index in [0.29, 0.717) is 0 Å². The quantitative estimate of drug-likeness (QED) is 0.726. The Morgan fingerprint density at radius 1 is 1.50 bits per heavy atom. The Bertz CT molecular complexity index is 251. The number of hydrogen-bond acceptors (Lipinski definition) is 1. The number of aryl methyl sites for hydroxylation is 1. The zero-order valence-electron chi connectivity index (χ0n) is 8.06. The number of aromatic nitrogens is 2. The van der Waals surface area contributed by atoms with Crippen molar-refractivity contribution in [3.8, 4) is 0 Å². The van der Waals surface area contributed by atoms with Crippen LogP contribution in [0.1, 0.15) is 26.5 Å². The maximum Gasteiger partial charge on any atom is 0.0735 e. The smallest absolute Gasteiger partial charge is 0.0735 e. The van der Waals surface area contributed by atoms with E-state index in [1.165, 1.54) is 0 Å². The molecule has 68 valence electrons. The first-order valence-electron chi connectivity index (χ1n) is 4.08. The maximum atomic E-state index is 4.37. The summed E-state index contributed by atoms with van der Waals surface area (Å²) >= 11 is 3.44. The molecule has 0 fully saturated rings. The van der Waals surface area contributed by atoms with Crippen molar-refractivity contribution >= 4 is 15.9 Å². The highest BCUT2D eigenvalue weighted by molar-refractivity contribution is 9.10. The van der Waals surface area contributed by atoms with Crippen molar-refractivity contribution in [2.75, 3.05) is 0 Å². The van der Waals surface area contributed by atoms with E-state index in [-0.39, 0.29) is 5.41 Å². The molecule has 0 aromatic carbocycles. The second kappa shape index (κ2) is 3.21. The Morgan fingerprint density at radius 2 is 2.08 bits per heavy atom. The molecule has 0 aliphatic carbocycles. The molecule has 0 radical (unpaired) electrons. The van der Waals surface area contributed by atoms with Crippen LogP contribution in [0.2, 0.25) is 0 Å². The average molecular weight is 231 g/mol. The lowest BCUT2D eigenvalue weighted by atomic mass is 9.97. The van der Waals surface area contributed by atoms with Crippen molar-refractivity contribution in [3.63, 3.8) is 0 Å². The molecule has 0 aliphatic heterocycles. The van der Waals surface area contributed by atoms with E-state index in [2.05, 4.69) is 41.8 Å². The topological polar surface area (TPSA) is 17.8 Å². The summed E-state index contributed by atoms with van der Waals surface area (Å²) in [6, 6.07) is 0. The van der Waals surface area contributed by atoms with Gasteiger partial charge in [-0.1, -0.05) is 20.8 Å². The van der Waals surface area contributed by atoms with Gasteiger partial charge in [0.15, 0.2) is 0 Å². The van der Waals surface area contributed by atoms with Gasteiger partial charge in [0.05, 0.1) is 10.2 Å². The zero-order chi connectivity index (χ0) is 9.35. The van der Waals surface area contributed by atoms with Gasteiger partial charge in [-0.05, 0) is 28.3 Å². The molecule has 1 rings (SSSR count). The minimum atomic E-state index is 0.290. The first kappa shape index (κ1) is 9.78. The largest absolute Gasteiger partial charge is 0.271 e. The summed E-state index contributed by atoms with van der Waals surface area (Å²) in [5, 5.41) is 4.37. The van der Waals surface area contributed by atoms with Gasteiger partial charge in [-0.25, -0.2) is 0 Å². The molecule has 0 aliphatic rings. The van der Waals surface area contributed by atoms with E-state index in [4.69, 9.17) is 0 Å². The summed E-state index contributed by atoms with van der Waals surface area (Å²) in [4.78, 5) is 0. The van der Waals surface area contributed by atoms with Crippen LogP contribution in [-0.4, -0.2) is 9.78 Å². The predicted molar refractivity (Wildman–Crippen MR) is 54.1 cm³/mol. The van der Waals surface area contributed by atoms with Gasteiger partial charge in [-0.3, -0.25) is 4.68 Å². The van der Waals surface area contributed by atoms with E-state index < -0.39 is 0 Å².